The zero-order chi connectivity index (χ0) is 28.7. The van der Waals surface area contributed by atoms with Crippen molar-refractivity contribution in [1.82, 2.24) is 0 Å². The van der Waals surface area contributed by atoms with Crippen LogP contribution in [0.4, 0.5) is 0 Å². The van der Waals surface area contributed by atoms with E-state index in [0.717, 1.165) is 24.6 Å². The van der Waals surface area contributed by atoms with E-state index in [1.54, 1.807) is 20.8 Å². The van der Waals surface area contributed by atoms with Crippen LogP contribution in [-0.4, -0.2) is 83.2 Å². The Labute approximate surface area is 228 Å². The molecule has 1 rings (SSSR count). The van der Waals surface area contributed by atoms with Crippen molar-refractivity contribution >= 4 is 35.6 Å². The Morgan fingerprint density at radius 2 is 1.29 bits per heavy atom. The van der Waals surface area contributed by atoms with Gasteiger partial charge in [0.1, 0.15) is 31.5 Å². The molecule has 0 bridgehead atoms. The first kappa shape index (κ1) is 33.4. The maximum Gasteiger partial charge on any atom is 0.338 e. The van der Waals surface area contributed by atoms with Crippen LogP contribution >= 0.6 is 11.8 Å². The second-order valence-corrected chi connectivity index (χ2v) is 11.0. The summed E-state index contributed by atoms with van der Waals surface area (Å²) in [6.45, 7) is 8.44. The van der Waals surface area contributed by atoms with Gasteiger partial charge in [-0.2, -0.15) is 0 Å². The number of ether oxygens (including phenoxy) is 4. The molecule has 1 aromatic carbocycles. The van der Waals surface area contributed by atoms with Crippen molar-refractivity contribution in [3.05, 3.63) is 35.4 Å². The normalized spacial score (nSPS) is 13.7. The molecule has 0 amide bonds. The molecule has 0 fully saturated rings. The van der Waals surface area contributed by atoms with Crippen LogP contribution in [0, 0.1) is 5.92 Å². The fraction of sp³-hybridized carbons (Fsp3) is 0.630. The highest BCUT2D eigenvalue weighted by Gasteiger charge is 2.18. The third kappa shape index (κ3) is 14.9. The van der Waals surface area contributed by atoms with Gasteiger partial charge in [0.25, 0.3) is 0 Å². The molecule has 214 valence electrons. The number of aliphatic hydroxyl groups excluding tert-OH is 2. The molecular weight excluding hydrogens is 516 g/mol. The molecule has 0 radical (unpaired) electrons. The van der Waals surface area contributed by atoms with Gasteiger partial charge in [0.15, 0.2) is 0 Å². The summed E-state index contributed by atoms with van der Waals surface area (Å²) in [5, 5.41) is 19.9. The minimum absolute atomic E-state index is 0.0106. The molecular formula is C27H40O10S. The van der Waals surface area contributed by atoms with Gasteiger partial charge in [0.2, 0.25) is 0 Å². The predicted molar refractivity (Wildman–Crippen MR) is 142 cm³/mol. The van der Waals surface area contributed by atoms with Crippen LogP contribution in [-0.2, 0) is 28.5 Å². The van der Waals surface area contributed by atoms with Crippen LogP contribution in [0.25, 0.3) is 0 Å². The largest absolute Gasteiger partial charge is 0.462 e. The summed E-state index contributed by atoms with van der Waals surface area (Å²) in [6, 6.07) is 5.57. The van der Waals surface area contributed by atoms with Gasteiger partial charge in [0.05, 0.1) is 28.7 Å². The molecule has 0 aromatic heterocycles. The van der Waals surface area contributed by atoms with Gasteiger partial charge in [-0.15, -0.1) is 11.8 Å². The summed E-state index contributed by atoms with van der Waals surface area (Å²) in [7, 11) is 0. The van der Waals surface area contributed by atoms with E-state index in [2.05, 4.69) is 6.92 Å². The molecule has 38 heavy (non-hydrogen) atoms. The Hall–Kier alpha value is -2.63. The average Bonchev–Trinajstić information content (AvgIpc) is 2.83. The van der Waals surface area contributed by atoms with Crippen LogP contribution < -0.4 is 0 Å². The maximum absolute atomic E-state index is 12.2. The number of carbonyl (C=O) groups is 4. The lowest BCUT2D eigenvalue weighted by Gasteiger charge is -2.19. The number of hydrogen-bond acceptors (Lipinski definition) is 11. The number of esters is 4. The van der Waals surface area contributed by atoms with E-state index in [1.165, 1.54) is 24.3 Å². The topological polar surface area (TPSA) is 146 Å². The van der Waals surface area contributed by atoms with E-state index in [4.69, 9.17) is 18.9 Å². The Bertz CT molecular complexity index is 894. The average molecular weight is 557 g/mol. The fourth-order valence-corrected chi connectivity index (χ4v) is 3.84. The van der Waals surface area contributed by atoms with Gasteiger partial charge >= 0.3 is 23.9 Å². The second kappa shape index (κ2) is 17.1. The van der Waals surface area contributed by atoms with Gasteiger partial charge in [-0.05, 0) is 57.4 Å². The maximum atomic E-state index is 12.2. The SMILES string of the molecule is CCCC(C)CC(O)COC(=O)c1ccc(C(=O)OCC(O)COC(=O)CSCC(=O)OC(C)(C)C)cc1. The third-order valence-corrected chi connectivity index (χ3v) is 5.80. The van der Waals surface area contributed by atoms with Gasteiger partial charge in [-0.1, -0.05) is 26.7 Å². The summed E-state index contributed by atoms with van der Waals surface area (Å²) in [6.07, 6.45) is 0.578. The minimum Gasteiger partial charge on any atom is -0.462 e. The van der Waals surface area contributed by atoms with E-state index in [0.29, 0.717) is 12.3 Å². The lowest BCUT2D eigenvalue weighted by molar-refractivity contribution is -0.151. The lowest BCUT2D eigenvalue weighted by Crippen LogP contribution is -2.27. The predicted octanol–water partition coefficient (Wildman–Crippen LogP) is 3.17. The molecule has 11 heteroatoms. The van der Waals surface area contributed by atoms with E-state index in [1.807, 2.05) is 6.92 Å². The molecule has 0 aliphatic carbocycles. The lowest BCUT2D eigenvalue weighted by atomic mass is 9.99. The number of carbonyl (C=O) groups excluding carboxylic acids is 4. The monoisotopic (exact) mass is 556 g/mol. The molecule has 0 spiro atoms. The molecule has 0 aliphatic heterocycles. The summed E-state index contributed by atoms with van der Waals surface area (Å²) in [5.41, 5.74) is -0.242. The first-order valence-electron chi connectivity index (χ1n) is 12.6. The number of benzene rings is 1. The molecule has 1 aromatic rings. The summed E-state index contributed by atoms with van der Waals surface area (Å²) < 4.78 is 20.2. The van der Waals surface area contributed by atoms with Crippen molar-refractivity contribution in [2.75, 3.05) is 31.3 Å². The van der Waals surface area contributed by atoms with E-state index < -0.39 is 48.3 Å². The van der Waals surface area contributed by atoms with Crippen LogP contribution in [0.15, 0.2) is 24.3 Å². The minimum atomic E-state index is -1.24. The molecule has 3 unspecified atom stereocenters. The van der Waals surface area contributed by atoms with Crippen LogP contribution in [0.1, 0.15) is 74.6 Å². The fourth-order valence-electron chi connectivity index (χ4n) is 3.26. The first-order chi connectivity index (χ1) is 17.8. The van der Waals surface area contributed by atoms with Gasteiger partial charge in [-0.25, -0.2) is 9.59 Å². The molecule has 0 aliphatic rings. The van der Waals surface area contributed by atoms with Gasteiger partial charge in [-0.3, -0.25) is 9.59 Å². The van der Waals surface area contributed by atoms with E-state index in [9.17, 15) is 29.4 Å². The molecule has 10 nitrogen and oxygen atoms in total. The number of hydrogen-bond donors (Lipinski definition) is 2. The van der Waals surface area contributed by atoms with Crippen molar-refractivity contribution in [1.29, 1.82) is 0 Å². The highest BCUT2D eigenvalue weighted by Crippen LogP contribution is 2.14. The van der Waals surface area contributed by atoms with Crippen molar-refractivity contribution < 1.29 is 48.3 Å². The molecule has 0 heterocycles. The van der Waals surface area contributed by atoms with Crippen molar-refractivity contribution in [3.8, 4) is 0 Å². The number of rotatable bonds is 16. The van der Waals surface area contributed by atoms with Crippen LogP contribution in [0.2, 0.25) is 0 Å². The van der Waals surface area contributed by atoms with Crippen LogP contribution in [0.3, 0.4) is 0 Å². The van der Waals surface area contributed by atoms with Crippen LogP contribution in [0.5, 0.6) is 0 Å². The summed E-state index contributed by atoms with van der Waals surface area (Å²) in [5.74, 6) is -2.20. The van der Waals surface area contributed by atoms with E-state index in [-0.39, 0.29) is 35.8 Å². The van der Waals surface area contributed by atoms with Crippen molar-refractivity contribution in [2.24, 2.45) is 5.92 Å². The standard InChI is InChI=1S/C27H40O10S/c1-6-7-18(2)12-21(28)13-35-25(32)19-8-10-20(11-9-19)26(33)36-15-22(29)14-34-23(30)16-38-17-24(31)37-27(3,4)5/h8-11,18,21-22,28-29H,6-7,12-17H2,1-5H3. The number of thioether (sulfide) groups is 1. The first-order valence-corrected chi connectivity index (χ1v) is 13.7. The van der Waals surface area contributed by atoms with E-state index >= 15 is 0 Å². The Morgan fingerprint density at radius 1 is 0.816 bits per heavy atom. The summed E-state index contributed by atoms with van der Waals surface area (Å²) >= 11 is 1.03. The molecule has 2 N–H and O–H groups in total. The Balaban J connectivity index is 2.33. The Morgan fingerprint density at radius 3 is 1.79 bits per heavy atom. The number of aliphatic hydroxyl groups is 2. The molecule has 0 saturated heterocycles. The third-order valence-electron chi connectivity index (χ3n) is 4.92. The van der Waals surface area contributed by atoms with Crippen molar-refractivity contribution in [2.45, 2.75) is 71.7 Å². The zero-order valence-corrected chi connectivity index (χ0v) is 23.6. The summed E-state index contributed by atoms with van der Waals surface area (Å²) in [4.78, 5) is 47.8. The Kier molecular flexibility index (Phi) is 15.0. The van der Waals surface area contributed by atoms with Gasteiger partial charge < -0.3 is 29.2 Å². The smallest absolute Gasteiger partial charge is 0.338 e. The van der Waals surface area contributed by atoms with Gasteiger partial charge in [0, 0.05) is 0 Å². The second-order valence-electron chi connectivity index (χ2n) is 9.97. The quantitative estimate of drug-likeness (QED) is 0.229. The highest BCUT2D eigenvalue weighted by atomic mass is 32.2. The zero-order valence-electron chi connectivity index (χ0n) is 22.8. The van der Waals surface area contributed by atoms with Crippen molar-refractivity contribution in [3.63, 3.8) is 0 Å². The molecule has 3 atom stereocenters. The molecule has 0 saturated carbocycles. The highest BCUT2D eigenvalue weighted by molar-refractivity contribution is 8.00.